The third-order valence-electron chi connectivity index (χ3n) is 3.94. The lowest BCUT2D eigenvalue weighted by Gasteiger charge is -2.21. The average Bonchev–Trinajstić information content (AvgIpc) is 3.18. The van der Waals surface area contributed by atoms with Crippen LogP contribution in [0.1, 0.15) is 18.5 Å². The van der Waals surface area contributed by atoms with E-state index in [9.17, 15) is 9.59 Å². The first kappa shape index (κ1) is 13.0. The highest BCUT2D eigenvalue weighted by atomic mass is 16.2. The van der Waals surface area contributed by atoms with Gasteiger partial charge in [0.1, 0.15) is 0 Å². The van der Waals surface area contributed by atoms with Crippen LogP contribution in [-0.4, -0.2) is 39.7 Å². The summed E-state index contributed by atoms with van der Waals surface area (Å²) in [6.07, 6.45) is 4.07. The second kappa shape index (κ2) is 5.15. The molecule has 1 fully saturated rings. The number of aromatic nitrogens is 2. The number of nitrogens with two attached hydrogens (primary N) is 1. The first-order valence-corrected chi connectivity index (χ1v) is 6.96. The van der Waals surface area contributed by atoms with Crippen LogP contribution in [0.15, 0.2) is 12.3 Å². The number of carbonyl (C=O) groups is 2. The molecule has 2 heterocycles. The molecule has 0 radical (unpaired) electrons. The summed E-state index contributed by atoms with van der Waals surface area (Å²) < 4.78 is 1.78. The molecule has 0 spiro atoms. The molecular weight excluding hydrogens is 258 g/mol. The Bertz CT molecular complexity index is 523. The van der Waals surface area contributed by atoms with Crippen molar-refractivity contribution in [2.45, 2.75) is 25.9 Å². The summed E-state index contributed by atoms with van der Waals surface area (Å²) in [4.78, 5) is 25.2. The van der Waals surface area contributed by atoms with Gasteiger partial charge in [0, 0.05) is 19.3 Å². The molecule has 3 N–H and O–H groups in total. The minimum atomic E-state index is -0.500. The van der Waals surface area contributed by atoms with Crippen LogP contribution in [0.3, 0.4) is 0 Å². The first-order chi connectivity index (χ1) is 9.63. The van der Waals surface area contributed by atoms with Gasteiger partial charge in [-0.15, -0.1) is 0 Å². The Morgan fingerprint density at radius 1 is 1.40 bits per heavy atom. The van der Waals surface area contributed by atoms with Crippen molar-refractivity contribution in [2.24, 2.45) is 17.6 Å². The number of rotatable bonds is 3. The molecule has 2 aliphatic rings. The third-order valence-corrected chi connectivity index (χ3v) is 3.94. The van der Waals surface area contributed by atoms with Crippen molar-refractivity contribution in [3.8, 4) is 0 Å². The Kier molecular flexibility index (Phi) is 3.33. The number of nitrogens with zero attached hydrogens (tertiary/aromatic N) is 3. The van der Waals surface area contributed by atoms with Crippen LogP contribution in [0.25, 0.3) is 0 Å². The van der Waals surface area contributed by atoms with Crippen molar-refractivity contribution in [1.82, 2.24) is 20.0 Å². The lowest BCUT2D eigenvalue weighted by Crippen LogP contribution is -2.43. The number of nitrogens with one attached hydrogen (secondary N) is 1. The van der Waals surface area contributed by atoms with E-state index in [4.69, 9.17) is 5.73 Å². The maximum absolute atomic E-state index is 12.3. The maximum Gasteiger partial charge on any atom is 0.315 e. The van der Waals surface area contributed by atoms with Gasteiger partial charge in [-0.3, -0.25) is 9.48 Å². The van der Waals surface area contributed by atoms with E-state index in [-0.39, 0.29) is 11.8 Å². The van der Waals surface area contributed by atoms with E-state index < -0.39 is 6.03 Å². The number of hydrogen-bond acceptors (Lipinski definition) is 3. The third kappa shape index (κ3) is 2.76. The maximum atomic E-state index is 12.3. The lowest BCUT2D eigenvalue weighted by atomic mass is 10.1. The van der Waals surface area contributed by atoms with Gasteiger partial charge in [0.2, 0.25) is 5.91 Å². The van der Waals surface area contributed by atoms with Crippen molar-refractivity contribution >= 4 is 11.9 Å². The molecule has 7 nitrogen and oxygen atoms in total. The molecular formula is C13H19N5O2. The van der Waals surface area contributed by atoms with Crippen LogP contribution < -0.4 is 11.1 Å². The van der Waals surface area contributed by atoms with E-state index in [1.807, 2.05) is 6.07 Å². The van der Waals surface area contributed by atoms with E-state index in [0.29, 0.717) is 25.6 Å². The minimum Gasteiger partial charge on any atom is -0.355 e. The van der Waals surface area contributed by atoms with E-state index in [1.54, 1.807) is 10.9 Å². The van der Waals surface area contributed by atoms with Gasteiger partial charge in [0.15, 0.2) is 0 Å². The van der Waals surface area contributed by atoms with Crippen LogP contribution >= 0.6 is 0 Å². The lowest BCUT2D eigenvalue weighted by molar-refractivity contribution is -0.125. The Morgan fingerprint density at radius 3 is 2.90 bits per heavy atom. The summed E-state index contributed by atoms with van der Waals surface area (Å²) in [5.74, 6) is 0.311. The van der Waals surface area contributed by atoms with Crippen LogP contribution in [0.5, 0.6) is 0 Å². The molecule has 1 aromatic rings. The van der Waals surface area contributed by atoms with Crippen LogP contribution in [-0.2, 0) is 17.9 Å². The zero-order valence-corrected chi connectivity index (χ0v) is 11.3. The average molecular weight is 277 g/mol. The zero-order valence-electron chi connectivity index (χ0n) is 11.3. The molecule has 0 bridgehead atoms. The summed E-state index contributed by atoms with van der Waals surface area (Å²) in [6, 6.07) is 1.35. The van der Waals surface area contributed by atoms with Crippen molar-refractivity contribution < 1.29 is 9.59 Å². The Labute approximate surface area is 117 Å². The highest BCUT2D eigenvalue weighted by molar-refractivity contribution is 5.80. The second-order valence-electron chi connectivity index (χ2n) is 5.61. The molecule has 1 aliphatic carbocycles. The van der Waals surface area contributed by atoms with Crippen LogP contribution in [0.2, 0.25) is 0 Å². The van der Waals surface area contributed by atoms with E-state index >= 15 is 0 Å². The van der Waals surface area contributed by atoms with E-state index in [1.165, 1.54) is 17.7 Å². The fraction of sp³-hybridized carbons (Fsp3) is 0.615. The highest BCUT2D eigenvalue weighted by Crippen LogP contribution is 2.27. The monoisotopic (exact) mass is 277 g/mol. The predicted molar refractivity (Wildman–Crippen MR) is 71.4 cm³/mol. The molecule has 0 saturated heterocycles. The molecule has 108 valence electrons. The summed E-state index contributed by atoms with van der Waals surface area (Å²) in [5, 5.41) is 7.17. The molecule has 1 aromatic heterocycles. The van der Waals surface area contributed by atoms with Gasteiger partial charge >= 0.3 is 6.03 Å². The summed E-state index contributed by atoms with van der Waals surface area (Å²) in [6.45, 7) is 1.97. The van der Waals surface area contributed by atoms with Crippen molar-refractivity contribution in [1.29, 1.82) is 0 Å². The van der Waals surface area contributed by atoms with Crippen molar-refractivity contribution in [3.05, 3.63) is 18.0 Å². The number of fused-ring (bicyclic) bond motifs is 1. The van der Waals surface area contributed by atoms with Gasteiger partial charge in [0.25, 0.3) is 0 Å². The highest BCUT2D eigenvalue weighted by Gasteiger charge is 2.30. The van der Waals surface area contributed by atoms with Crippen molar-refractivity contribution in [2.75, 3.05) is 13.1 Å². The van der Waals surface area contributed by atoms with Gasteiger partial charge in [-0.05, 0) is 24.8 Å². The molecule has 3 amide bonds. The smallest absolute Gasteiger partial charge is 0.315 e. The molecule has 20 heavy (non-hydrogen) atoms. The van der Waals surface area contributed by atoms with E-state index in [0.717, 1.165) is 12.2 Å². The van der Waals surface area contributed by atoms with Gasteiger partial charge in [0.05, 0.1) is 24.7 Å². The summed E-state index contributed by atoms with van der Waals surface area (Å²) >= 11 is 0. The normalized spacial score (nSPS) is 22.0. The largest absolute Gasteiger partial charge is 0.355 e. The van der Waals surface area contributed by atoms with E-state index in [2.05, 4.69) is 10.4 Å². The summed E-state index contributed by atoms with van der Waals surface area (Å²) in [7, 11) is 0. The predicted octanol–water partition coefficient (Wildman–Crippen LogP) is -0.0802. The van der Waals surface area contributed by atoms with Gasteiger partial charge in [-0.25, -0.2) is 4.79 Å². The Balaban J connectivity index is 1.72. The van der Waals surface area contributed by atoms with Gasteiger partial charge < -0.3 is 16.0 Å². The molecule has 1 unspecified atom stereocenters. The quantitative estimate of drug-likeness (QED) is 0.809. The minimum absolute atomic E-state index is 0.0218. The van der Waals surface area contributed by atoms with Crippen LogP contribution in [0, 0.1) is 11.8 Å². The first-order valence-electron chi connectivity index (χ1n) is 6.96. The van der Waals surface area contributed by atoms with Crippen molar-refractivity contribution in [3.63, 3.8) is 0 Å². The number of hydrogen-bond donors (Lipinski definition) is 2. The fourth-order valence-corrected chi connectivity index (χ4v) is 2.50. The molecule has 3 rings (SSSR count). The SMILES string of the molecule is NC(=O)N1Cc2ccnn2CC(C(=O)NCC2CC2)C1. The topological polar surface area (TPSA) is 93.2 Å². The summed E-state index contributed by atoms with van der Waals surface area (Å²) in [5.41, 5.74) is 6.29. The Morgan fingerprint density at radius 2 is 2.20 bits per heavy atom. The Hall–Kier alpha value is -2.05. The number of amides is 3. The number of carbonyl (C=O) groups excluding carboxylic acids is 2. The van der Waals surface area contributed by atoms with Gasteiger partial charge in [-0.1, -0.05) is 0 Å². The van der Waals surface area contributed by atoms with Crippen LogP contribution in [0.4, 0.5) is 4.79 Å². The molecule has 1 atom stereocenters. The molecule has 1 saturated carbocycles. The molecule has 7 heteroatoms. The fourth-order valence-electron chi connectivity index (χ4n) is 2.50. The second-order valence-corrected chi connectivity index (χ2v) is 5.61. The number of primary amides is 1. The molecule has 0 aromatic carbocycles. The number of urea groups is 1. The zero-order chi connectivity index (χ0) is 14.1. The standard InChI is InChI=1S/C13H19N5O2/c14-13(20)17-6-10(12(19)15-5-9-1-2-9)7-18-11(8-17)3-4-16-18/h3-4,9-10H,1-2,5-8H2,(H2,14,20)(H,15,19). The molecule has 1 aliphatic heterocycles. The van der Waals surface area contributed by atoms with Gasteiger partial charge in [-0.2, -0.15) is 5.10 Å².